The molecule has 2 N–H and O–H groups in total. The van der Waals surface area contributed by atoms with Crippen molar-refractivity contribution in [2.75, 3.05) is 10.6 Å². The van der Waals surface area contributed by atoms with E-state index in [1.807, 2.05) is 18.2 Å². The van der Waals surface area contributed by atoms with Gasteiger partial charge in [0.25, 0.3) is 5.91 Å². The Morgan fingerprint density at radius 2 is 1.61 bits per heavy atom. The van der Waals surface area contributed by atoms with Crippen molar-refractivity contribution in [1.29, 1.82) is 0 Å². The molecule has 0 spiro atoms. The lowest BCUT2D eigenvalue weighted by Crippen LogP contribution is -2.13. The van der Waals surface area contributed by atoms with Crippen molar-refractivity contribution in [3.63, 3.8) is 0 Å². The minimum atomic E-state index is -0.226. The second-order valence-electron chi connectivity index (χ2n) is 4.76. The molecule has 1 amide bonds. The normalized spacial score (nSPS) is 10.1. The van der Waals surface area contributed by atoms with Gasteiger partial charge in [0.2, 0.25) is 0 Å². The lowest BCUT2D eigenvalue weighted by molar-refractivity contribution is 0.102. The van der Waals surface area contributed by atoms with Crippen LogP contribution in [0.1, 0.15) is 10.4 Å². The van der Waals surface area contributed by atoms with E-state index in [0.29, 0.717) is 22.2 Å². The van der Waals surface area contributed by atoms with Crippen LogP contribution in [0.4, 0.5) is 17.3 Å². The van der Waals surface area contributed by atoms with Crippen LogP contribution < -0.4 is 10.6 Å². The fraction of sp³-hybridized carbons (Fsp3) is 0. The van der Waals surface area contributed by atoms with Crippen LogP contribution in [0.15, 0.2) is 66.7 Å². The molecule has 3 rings (SSSR count). The molecule has 6 heteroatoms. The summed E-state index contributed by atoms with van der Waals surface area (Å²) in [6.45, 7) is 0. The van der Waals surface area contributed by atoms with Crippen LogP contribution in [-0.4, -0.2) is 16.1 Å². The predicted octanol–water partition coefficient (Wildman–Crippen LogP) is 4.13. The zero-order valence-electron chi connectivity index (χ0n) is 12.0. The highest BCUT2D eigenvalue weighted by Crippen LogP contribution is 2.19. The summed E-state index contributed by atoms with van der Waals surface area (Å²) in [5, 5.41) is 14.4. The molecule has 1 heterocycles. The van der Waals surface area contributed by atoms with Gasteiger partial charge in [-0.2, -0.15) is 0 Å². The molecule has 0 atom stereocenters. The number of hydrogen-bond donors (Lipinski definition) is 2. The molecular weight excluding hydrogens is 312 g/mol. The van der Waals surface area contributed by atoms with Crippen LogP contribution in [-0.2, 0) is 0 Å². The maximum atomic E-state index is 12.0. The Labute approximate surface area is 138 Å². The van der Waals surface area contributed by atoms with Crippen LogP contribution in [0, 0.1) is 0 Å². The Balaban J connectivity index is 1.66. The van der Waals surface area contributed by atoms with Crippen molar-refractivity contribution < 1.29 is 4.79 Å². The SMILES string of the molecule is O=C(Nc1ccc(Nc2cccc(Cl)c2)nn1)c1ccccc1. The fourth-order valence-electron chi connectivity index (χ4n) is 1.96. The Kier molecular flexibility index (Phi) is 4.49. The van der Waals surface area contributed by atoms with Gasteiger partial charge in [-0.1, -0.05) is 35.9 Å². The number of rotatable bonds is 4. The Morgan fingerprint density at radius 3 is 2.30 bits per heavy atom. The van der Waals surface area contributed by atoms with Crippen LogP contribution in [0.5, 0.6) is 0 Å². The zero-order valence-corrected chi connectivity index (χ0v) is 12.8. The second-order valence-corrected chi connectivity index (χ2v) is 5.20. The lowest BCUT2D eigenvalue weighted by atomic mass is 10.2. The summed E-state index contributed by atoms with van der Waals surface area (Å²) in [6.07, 6.45) is 0. The topological polar surface area (TPSA) is 66.9 Å². The van der Waals surface area contributed by atoms with Crippen molar-refractivity contribution in [2.45, 2.75) is 0 Å². The Hall–Kier alpha value is -2.92. The summed E-state index contributed by atoms with van der Waals surface area (Å²) in [6, 6.07) is 19.6. The van der Waals surface area contributed by atoms with Crippen LogP contribution >= 0.6 is 11.6 Å². The standard InChI is InChI=1S/C17H13ClN4O/c18-13-7-4-8-14(11-13)19-15-9-10-16(22-21-15)20-17(23)12-5-2-1-3-6-12/h1-11H,(H,19,21)(H,20,22,23). The number of nitrogens with one attached hydrogen (secondary N) is 2. The van der Waals surface area contributed by atoms with E-state index in [4.69, 9.17) is 11.6 Å². The van der Waals surface area contributed by atoms with E-state index in [-0.39, 0.29) is 5.91 Å². The van der Waals surface area contributed by atoms with Crippen molar-refractivity contribution in [2.24, 2.45) is 0 Å². The first-order valence-corrected chi connectivity index (χ1v) is 7.31. The van der Waals surface area contributed by atoms with Crippen LogP contribution in [0.25, 0.3) is 0 Å². The van der Waals surface area contributed by atoms with E-state index >= 15 is 0 Å². The number of benzene rings is 2. The van der Waals surface area contributed by atoms with Crippen molar-refractivity contribution in [1.82, 2.24) is 10.2 Å². The summed E-state index contributed by atoms with van der Waals surface area (Å²) in [5.74, 6) is 0.718. The van der Waals surface area contributed by atoms with E-state index in [1.165, 1.54) is 0 Å². The molecule has 2 aromatic carbocycles. The smallest absolute Gasteiger partial charge is 0.256 e. The highest BCUT2D eigenvalue weighted by atomic mass is 35.5. The number of hydrogen-bond acceptors (Lipinski definition) is 4. The van der Waals surface area contributed by atoms with E-state index in [1.54, 1.807) is 48.5 Å². The number of halogens is 1. The van der Waals surface area contributed by atoms with Crippen LogP contribution in [0.3, 0.4) is 0 Å². The maximum Gasteiger partial charge on any atom is 0.256 e. The third kappa shape index (κ3) is 4.05. The van der Waals surface area contributed by atoms with Gasteiger partial charge in [0, 0.05) is 16.3 Å². The zero-order chi connectivity index (χ0) is 16.1. The number of carbonyl (C=O) groups is 1. The van der Waals surface area contributed by atoms with Gasteiger partial charge in [0.05, 0.1) is 0 Å². The highest BCUT2D eigenvalue weighted by molar-refractivity contribution is 6.30. The molecule has 0 radical (unpaired) electrons. The molecule has 23 heavy (non-hydrogen) atoms. The quantitative estimate of drug-likeness (QED) is 0.757. The van der Waals surface area contributed by atoms with Crippen molar-refractivity contribution in [3.05, 3.63) is 77.3 Å². The van der Waals surface area contributed by atoms with E-state index in [0.717, 1.165) is 5.69 Å². The molecule has 0 aliphatic rings. The molecule has 0 aliphatic heterocycles. The number of aromatic nitrogens is 2. The van der Waals surface area contributed by atoms with Gasteiger partial charge in [-0.3, -0.25) is 4.79 Å². The highest BCUT2D eigenvalue weighted by Gasteiger charge is 2.06. The van der Waals surface area contributed by atoms with Gasteiger partial charge in [0.15, 0.2) is 11.6 Å². The first-order chi connectivity index (χ1) is 11.2. The number of anilines is 3. The van der Waals surface area contributed by atoms with Gasteiger partial charge in [-0.25, -0.2) is 0 Å². The number of carbonyl (C=O) groups excluding carboxylic acids is 1. The first-order valence-electron chi connectivity index (χ1n) is 6.93. The summed E-state index contributed by atoms with van der Waals surface area (Å²) >= 11 is 5.93. The van der Waals surface area contributed by atoms with Gasteiger partial charge in [-0.05, 0) is 42.5 Å². The molecular formula is C17H13ClN4O. The monoisotopic (exact) mass is 324 g/mol. The molecule has 3 aromatic rings. The second kappa shape index (κ2) is 6.89. The van der Waals surface area contributed by atoms with E-state index in [9.17, 15) is 4.79 Å². The largest absolute Gasteiger partial charge is 0.339 e. The summed E-state index contributed by atoms with van der Waals surface area (Å²) in [4.78, 5) is 12.0. The van der Waals surface area contributed by atoms with Crippen molar-refractivity contribution in [3.8, 4) is 0 Å². The average Bonchev–Trinajstić information content (AvgIpc) is 2.57. The van der Waals surface area contributed by atoms with E-state index < -0.39 is 0 Å². The minimum Gasteiger partial charge on any atom is -0.339 e. The summed E-state index contributed by atoms with van der Waals surface area (Å²) in [7, 11) is 0. The van der Waals surface area contributed by atoms with Gasteiger partial charge in [0.1, 0.15) is 0 Å². The average molecular weight is 325 g/mol. The molecule has 0 saturated heterocycles. The van der Waals surface area contributed by atoms with Gasteiger partial charge >= 0.3 is 0 Å². The molecule has 0 bridgehead atoms. The van der Waals surface area contributed by atoms with Crippen LogP contribution in [0.2, 0.25) is 5.02 Å². The third-order valence-corrected chi connectivity index (χ3v) is 3.27. The third-order valence-electron chi connectivity index (χ3n) is 3.04. The predicted molar refractivity (Wildman–Crippen MR) is 91.2 cm³/mol. The molecule has 0 fully saturated rings. The van der Waals surface area contributed by atoms with Gasteiger partial charge in [-0.15, -0.1) is 10.2 Å². The van der Waals surface area contributed by atoms with Crippen molar-refractivity contribution >= 4 is 34.8 Å². The molecule has 0 unspecified atom stereocenters. The van der Waals surface area contributed by atoms with Gasteiger partial charge < -0.3 is 10.6 Å². The number of amides is 1. The maximum absolute atomic E-state index is 12.0. The summed E-state index contributed by atoms with van der Waals surface area (Å²) in [5.41, 5.74) is 1.38. The Morgan fingerprint density at radius 1 is 0.870 bits per heavy atom. The molecule has 0 aliphatic carbocycles. The van der Waals surface area contributed by atoms with E-state index in [2.05, 4.69) is 20.8 Å². The lowest BCUT2D eigenvalue weighted by Gasteiger charge is -2.07. The Bertz CT molecular complexity index is 806. The molecule has 114 valence electrons. The molecule has 0 saturated carbocycles. The summed E-state index contributed by atoms with van der Waals surface area (Å²) < 4.78 is 0. The molecule has 5 nitrogen and oxygen atoms in total. The number of nitrogens with zero attached hydrogens (tertiary/aromatic N) is 2. The first kappa shape index (κ1) is 15.0. The molecule has 1 aromatic heterocycles. The minimum absolute atomic E-state index is 0.226. The fourth-order valence-corrected chi connectivity index (χ4v) is 2.15.